The van der Waals surface area contributed by atoms with E-state index in [0.29, 0.717) is 0 Å². The first kappa shape index (κ1) is 15.6. The Kier molecular flexibility index (Phi) is 3.53. The molecule has 0 saturated carbocycles. The minimum atomic E-state index is -0.676. The van der Waals surface area contributed by atoms with Gasteiger partial charge in [0, 0.05) is 14.1 Å². The highest BCUT2D eigenvalue weighted by Gasteiger charge is 2.36. The van der Waals surface area contributed by atoms with Crippen molar-refractivity contribution in [1.82, 2.24) is 9.13 Å². The lowest BCUT2D eigenvalue weighted by Gasteiger charge is -2.28. The molecule has 7 heteroatoms. The summed E-state index contributed by atoms with van der Waals surface area (Å²) >= 11 is 0. The minimum absolute atomic E-state index is 0.0767. The maximum atomic E-state index is 12.7. The largest absolute Gasteiger partial charge is 0.423 e. The molecule has 1 aliphatic heterocycles. The third kappa shape index (κ3) is 2.04. The van der Waals surface area contributed by atoms with Crippen LogP contribution in [0.3, 0.4) is 0 Å². The van der Waals surface area contributed by atoms with E-state index in [1.807, 2.05) is 37.3 Å². The summed E-state index contributed by atoms with van der Waals surface area (Å²) in [4.78, 5) is 24.9. The smallest absolute Gasteiger partial charge is 0.333 e. The Hall–Kier alpha value is -3.27. The molecule has 0 spiro atoms. The molecule has 0 saturated heterocycles. The third-order valence-electron chi connectivity index (χ3n) is 4.31. The van der Waals surface area contributed by atoms with Crippen LogP contribution in [-0.2, 0) is 14.1 Å². The van der Waals surface area contributed by atoms with Crippen molar-refractivity contribution >= 4 is 0 Å². The number of fused-ring (bicyclic) bond motifs is 1. The van der Waals surface area contributed by atoms with E-state index in [1.54, 1.807) is 0 Å². The molecule has 2 aromatic rings. The normalized spacial score (nSPS) is 16.3. The van der Waals surface area contributed by atoms with E-state index in [9.17, 15) is 14.9 Å². The van der Waals surface area contributed by atoms with Crippen molar-refractivity contribution < 1.29 is 4.74 Å². The maximum absolute atomic E-state index is 12.7. The molecule has 1 aromatic carbocycles. The van der Waals surface area contributed by atoms with Gasteiger partial charge in [0.25, 0.3) is 5.56 Å². The first-order valence-corrected chi connectivity index (χ1v) is 7.31. The standard InChI is InChI=1S/C17H16N4O3/c1-9-6-4-5-7-10(9)12-11(8-18)14(19)24-16-13(12)15(22)20(2)17(23)21(16)3/h4-7,12H,19H2,1-3H3. The van der Waals surface area contributed by atoms with E-state index < -0.39 is 17.2 Å². The van der Waals surface area contributed by atoms with E-state index >= 15 is 0 Å². The number of nitrogens with two attached hydrogens (primary N) is 1. The van der Waals surface area contributed by atoms with Gasteiger partial charge in [-0.2, -0.15) is 5.26 Å². The summed E-state index contributed by atoms with van der Waals surface area (Å²) in [7, 11) is 2.90. The van der Waals surface area contributed by atoms with Crippen molar-refractivity contribution in [2.45, 2.75) is 12.8 Å². The second kappa shape index (κ2) is 5.42. The Balaban J connectivity index is 2.47. The van der Waals surface area contributed by atoms with Gasteiger partial charge in [-0.25, -0.2) is 4.79 Å². The van der Waals surface area contributed by atoms with Crippen LogP contribution >= 0.6 is 0 Å². The van der Waals surface area contributed by atoms with Gasteiger partial charge in [-0.05, 0) is 18.1 Å². The Morgan fingerprint density at radius 3 is 2.50 bits per heavy atom. The second-order valence-corrected chi connectivity index (χ2v) is 5.71. The number of rotatable bonds is 1. The van der Waals surface area contributed by atoms with Crippen LogP contribution < -0.4 is 21.7 Å². The summed E-state index contributed by atoms with van der Waals surface area (Å²) < 4.78 is 7.69. The Labute approximate surface area is 137 Å². The highest BCUT2D eigenvalue weighted by atomic mass is 16.5. The number of ether oxygens (including phenoxy) is 1. The molecule has 1 unspecified atom stereocenters. The zero-order valence-electron chi connectivity index (χ0n) is 13.5. The van der Waals surface area contributed by atoms with Gasteiger partial charge in [-0.15, -0.1) is 0 Å². The van der Waals surface area contributed by atoms with Gasteiger partial charge in [0.1, 0.15) is 11.6 Å². The minimum Gasteiger partial charge on any atom is -0.423 e. The summed E-state index contributed by atoms with van der Waals surface area (Å²) in [6.45, 7) is 1.89. The molecule has 24 heavy (non-hydrogen) atoms. The number of hydrogen-bond donors (Lipinski definition) is 1. The van der Waals surface area contributed by atoms with Gasteiger partial charge in [-0.1, -0.05) is 24.3 Å². The van der Waals surface area contributed by atoms with Crippen LogP contribution in [-0.4, -0.2) is 9.13 Å². The van der Waals surface area contributed by atoms with E-state index in [-0.39, 0.29) is 22.9 Å². The van der Waals surface area contributed by atoms with Gasteiger partial charge < -0.3 is 10.5 Å². The molecule has 2 N–H and O–H groups in total. The molecular weight excluding hydrogens is 308 g/mol. The number of benzene rings is 1. The van der Waals surface area contributed by atoms with Crippen LogP contribution in [0.15, 0.2) is 45.3 Å². The lowest BCUT2D eigenvalue weighted by Crippen LogP contribution is -2.42. The molecule has 0 bridgehead atoms. The predicted octanol–water partition coefficient (Wildman–Crippen LogP) is 0.611. The van der Waals surface area contributed by atoms with Gasteiger partial charge in [0.15, 0.2) is 0 Å². The number of hydrogen-bond acceptors (Lipinski definition) is 5. The number of nitriles is 1. The van der Waals surface area contributed by atoms with Crippen molar-refractivity contribution in [1.29, 1.82) is 5.26 Å². The zero-order chi connectivity index (χ0) is 17.6. The van der Waals surface area contributed by atoms with Crippen LogP contribution in [0.2, 0.25) is 0 Å². The van der Waals surface area contributed by atoms with Crippen LogP contribution in [0.25, 0.3) is 0 Å². The third-order valence-corrected chi connectivity index (χ3v) is 4.31. The monoisotopic (exact) mass is 324 g/mol. The zero-order valence-corrected chi connectivity index (χ0v) is 13.5. The summed E-state index contributed by atoms with van der Waals surface area (Å²) in [6, 6.07) is 9.47. The van der Waals surface area contributed by atoms with E-state index in [2.05, 4.69) is 0 Å². The molecular formula is C17H16N4O3. The van der Waals surface area contributed by atoms with E-state index in [0.717, 1.165) is 15.7 Å². The van der Waals surface area contributed by atoms with Crippen molar-refractivity contribution in [3.63, 3.8) is 0 Å². The first-order valence-electron chi connectivity index (χ1n) is 7.31. The molecule has 1 aliphatic rings. The topological polar surface area (TPSA) is 103 Å². The SMILES string of the molecule is Cc1ccccc1C1C(C#N)=C(N)Oc2c1c(=O)n(C)c(=O)n2C. The van der Waals surface area contributed by atoms with Gasteiger partial charge >= 0.3 is 5.69 Å². The highest BCUT2D eigenvalue weighted by molar-refractivity contribution is 5.54. The van der Waals surface area contributed by atoms with Crippen molar-refractivity contribution in [2.24, 2.45) is 19.8 Å². The molecule has 3 rings (SSSR count). The summed E-state index contributed by atoms with van der Waals surface area (Å²) in [6.07, 6.45) is 0. The summed E-state index contributed by atoms with van der Waals surface area (Å²) in [5, 5.41) is 9.55. The Morgan fingerprint density at radius 1 is 1.21 bits per heavy atom. The van der Waals surface area contributed by atoms with Crippen LogP contribution in [0.5, 0.6) is 5.88 Å². The van der Waals surface area contributed by atoms with Gasteiger partial charge in [-0.3, -0.25) is 13.9 Å². The first-order chi connectivity index (χ1) is 11.4. The second-order valence-electron chi connectivity index (χ2n) is 5.71. The van der Waals surface area contributed by atoms with E-state index in [4.69, 9.17) is 10.5 Å². The fourth-order valence-corrected chi connectivity index (χ4v) is 3.01. The number of allylic oxidation sites excluding steroid dienone is 1. The molecule has 0 fully saturated rings. The maximum Gasteiger partial charge on any atom is 0.333 e. The lowest BCUT2D eigenvalue weighted by atomic mass is 9.83. The van der Waals surface area contributed by atoms with Crippen molar-refractivity contribution in [3.05, 3.63) is 73.3 Å². The Morgan fingerprint density at radius 2 is 1.88 bits per heavy atom. The average molecular weight is 324 g/mol. The van der Waals surface area contributed by atoms with Crippen molar-refractivity contribution in [3.8, 4) is 11.9 Å². The molecule has 0 radical (unpaired) electrons. The molecule has 7 nitrogen and oxygen atoms in total. The molecule has 0 aliphatic carbocycles. The van der Waals surface area contributed by atoms with Gasteiger partial charge in [0.2, 0.25) is 11.8 Å². The molecule has 1 aromatic heterocycles. The molecule has 1 atom stereocenters. The summed E-state index contributed by atoms with van der Waals surface area (Å²) in [5.41, 5.74) is 6.96. The fourth-order valence-electron chi connectivity index (χ4n) is 3.01. The molecule has 0 amide bonds. The lowest BCUT2D eigenvalue weighted by molar-refractivity contribution is 0.348. The predicted molar refractivity (Wildman–Crippen MR) is 87.4 cm³/mol. The fraction of sp³-hybridized carbons (Fsp3) is 0.235. The van der Waals surface area contributed by atoms with Crippen LogP contribution in [0, 0.1) is 18.3 Å². The number of aryl methyl sites for hydroxylation is 1. The van der Waals surface area contributed by atoms with Crippen LogP contribution in [0.1, 0.15) is 22.6 Å². The van der Waals surface area contributed by atoms with Gasteiger partial charge in [0.05, 0.1) is 11.5 Å². The van der Waals surface area contributed by atoms with Crippen LogP contribution in [0.4, 0.5) is 0 Å². The quantitative estimate of drug-likeness (QED) is 0.828. The summed E-state index contributed by atoms with van der Waals surface area (Å²) in [5.74, 6) is -0.695. The highest BCUT2D eigenvalue weighted by Crippen LogP contribution is 2.40. The molecule has 2 heterocycles. The number of aromatic nitrogens is 2. The van der Waals surface area contributed by atoms with Crippen molar-refractivity contribution in [2.75, 3.05) is 0 Å². The van der Waals surface area contributed by atoms with E-state index in [1.165, 1.54) is 18.7 Å². The number of nitrogens with zero attached hydrogens (tertiary/aromatic N) is 3. The average Bonchev–Trinajstić information content (AvgIpc) is 2.57. The molecule has 122 valence electrons. The Bertz CT molecular complexity index is 1040.